The van der Waals surface area contributed by atoms with Crippen molar-refractivity contribution in [2.24, 2.45) is 7.05 Å². The minimum atomic E-state index is -0.193. The first-order chi connectivity index (χ1) is 10.6. The molecule has 0 aliphatic heterocycles. The van der Waals surface area contributed by atoms with Gasteiger partial charge in [0.2, 0.25) is 0 Å². The van der Waals surface area contributed by atoms with Gasteiger partial charge in [0.05, 0.1) is 12.0 Å². The van der Waals surface area contributed by atoms with Crippen LogP contribution in [0.5, 0.6) is 0 Å². The maximum Gasteiger partial charge on any atom is 0.275 e. The van der Waals surface area contributed by atoms with Crippen LogP contribution in [0.25, 0.3) is 10.8 Å². The lowest BCUT2D eigenvalue weighted by Gasteiger charge is -2.22. The lowest BCUT2D eigenvalue weighted by atomic mass is 10.1. The Balaban J connectivity index is 2.06. The molecule has 1 aliphatic rings. The van der Waals surface area contributed by atoms with Crippen LogP contribution in [0.1, 0.15) is 23.3 Å². The topological polar surface area (TPSA) is 64.4 Å². The molecular weight excluding hydrogens is 282 g/mol. The van der Waals surface area contributed by atoms with Crippen LogP contribution in [-0.4, -0.2) is 46.9 Å². The maximum atomic E-state index is 12.9. The highest BCUT2D eigenvalue weighted by molar-refractivity contribution is 6.05. The van der Waals surface area contributed by atoms with Crippen molar-refractivity contribution in [1.82, 2.24) is 14.7 Å². The molecule has 6 nitrogen and oxygen atoms in total. The highest BCUT2D eigenvalue weighted by atomic mass is 16.5. The number of ether oxygens (including phenoxy) is 1. The van der Waals surface area contributed by atoms with E-state index in [1.165, 1.54) is 4.68 Å². The number of carbonyl (C=O) groups is 1. The van der Waals surface area contributed by atoms with Gasteiger partial charge in [0.1, 0.15) is 0 Å². The number of aryl methyl sites for hydroxylation is 1. The molecule has 0 atom stereocenters. The zero-order valence-corrected chi connectivity index (χ0v) is 12.8. The van der Waals surface area contributed by atoms with E-state index in [9.17, 15) is 9.59 Å². The van der Waals surface area contributed by atoms with E-state index in [1.807, 2.05) is 11.0 Å². The zero-order valence-electron chi connectivity index (χ0n) is 12.8. The Bertz CT molecular complexity index is 765. The molecule has 1 aromatic carbocycles. The second-order valence-electron chi connectivity index (χ2n) is 5.55. The molecular formula is C16H19N3O3. The van der Waals surface area contributed by atoms with Crippen molar-refractivity contribution in [3.63, 3.8) is 0 Å². The fourth-order valence-corrected chi connectivity index (χ4v) is 2.62. The highest BCUT2D eigenvalue weighted by Crippen LogP contribution is 2.28. The molecule has 2 aromatic rings. The summed E-state index contributed by atoms with van der Waals surface area (Å²) in [6, 6.07) is 7.38. The van der Waals surface area contributed by atoms with Gasteiger partial charge in [-0.1, -0.05) is 18.2 Å². The van der Waals surface area contributed by atoms with Crippen LogP contribution in [0.15, 0.2) is 29.1 Å². The number of hydrogen-bond donors (Lipinski definition) is 0. The standard InChI is InChI=1S/C16H19N3O3/c1-18-15(20)13-6-4-3-5-12(13)14(17-18)16(21)19(9-10-22-2)11-7-8-11/h3-6,11H,7-10H2,1-2H3. The van der Waals surface area contributed by atoms with Crippen molar-refractivity contribution < 1.29 is 9.53 Å². The Morgan fingerprint density at radius 1 is 1.36 bits per heavy atom. The first kappa shape index (κ1) is 14.7. The predicted octanol–water partition coefficient (Wildman–Crippen LogP) is 1.18. The smallest absolute Gasteiger partial charge is 0.275 e. The van der Waals surface area contributed by atoms with E-state index in [0.29, 0.717) is 29.6 Å². The van der Waals surface area contributed by atoms with Crippen LogP contribution >= 0.6 is 0 Å². The molecule has 1 heterocycles. The molecule has 0 N–H and O–H groups in total. The number of fused-ring (bicyclic) bond motifs is 1. The summed E-state index contributed by atoms with van der Waals surface area (Å²) in [5, 5.41) is 5.34. The number of amides is 1. The SMILES string of the molecule is COCCN(C(=O)c1nn(C)c(=O)c2ccccc12)C1CC1. The monoisotopic (exact) mass is 301 g/mol. The normalized spacial score (nSPS) is 14.3. The molecule has 1 saturated carbocycles. The minimum Gasteiger partial charge on any atom is -0.383 e. The second kappa shape index (κ2) is 5.88. The Morgan fingerprint density at radius 2 is 2.05 bits per heavy atom. The molecule has 0 radical (unpaired) electrons. The lowest BCUT2D eigenvalue weighted by molar-refractivity contribution is 0.0674. The second-order valence-corrected chi connectivity index (χ2v) is 5.55. The molecule has 1 aliphatic carbocycles. The van der Waals surface area contributed by atoms with Crippen LogP contribution < -0.4 is 5.56 Å². The van der Waals surface area contributed by atoms with E-state index in [1.54, 1.807) is 32.4 Å². The Labute approximate surface area is 128 Å². The van der Waals surface area contributed by atoms with Crippen molar-refractivity contribution >= 4 is 16.7 Å². The summed E-state index contributed by atoms with van der Waals surface area (Å²) in [5.41, 5.74) is 0.141. The van der Waals surface area contributed by atoms with Gasteiger partial charge in [-0.15, -0.1) is 0 Å². The van der Waals surface area contributed by atoms with Crippen molar-refractivity contribution in [1.29, 1.82) is 0 Å². The van der Waals surface area contributed by atoms with Gasteiger partial charge in [-0.05, 0) is 18.9 Å². The Morgan fingerprint density at radius 3 is 2.68 bits per heavy atom. The summed E-state index contributed by atoms with van der Waals surface area (Å²) >= 11 is 0. The molecule has 22 heavy (non-hydrogen) atoms. The van der Waals surface area contributed by atoms with Crippen molar-refractivity contribution in [2.45, 2.75) is 18.9 Å². The lowest BCUT2D eigenvalue weighted by Crippen LogP contribution is -2.37. The van der Waals surface area contributed by atoms with Crippen LogP contribution in [0, 0.1) is 0 Å². The number of methoxy groups -OCH3 is 1. The average Bonchev–Trinajstić information content (AvgIpc) is 3.36. The number of carbonyl (C=O) groups excluding carboxylic acids is 1. The third kappa shape index (κ3) is 2.62. The van der Waals surface area contributed by atoms with Gasteiger partial charge < -0.3 is 9.64 Å². The molecule has 3 rings (SSSR count). The Kier molecular flexibility index (Phi) is 3.94. The van der Waals surface area contributed by atoms with Crippen molar-refractivity contribution in [2.75, 3.05) is 20.3 Å². The first-order valence-corrected chi connectivity index (χ1v) is 7.39. The highest BCUT2D eigenvalue weighted by Gasteiger charge is 2.34. The molecule has 6 heteroatoms. The fourth-order valence-electron chi connectivity index (χ4n) is 2.62. The van der Waals surface area contributed by atoms with E-state index in [0.717, 1.165) is 12.8 Å². The Hall–Kier alpha value is -2.21. The van der Waals surface area contributed by atoms with Gasteiger partial charge in [0, 0.05) is 32.1 Å². The molecule has 1 amide bonds. The first-order valence-electron chi connectivity index (χ1n) is 7.39. The third-order valence-electron chi connectivity index (χ3n) is 3.94. The van der Waals surface area contributed by atoms with Gasteiger partial charge in [0.15, 0.2) is 5.69 Å². The largest absolute Gasteiger partial charge is 0.383 e. The van der Waals surface area contributed by atoms with Gasteiger partial charge in [-0.25, -0.2) is 4.68 Å². The average molecular weight is 301 g/mol. The van der Waals surface area contributed by atoms with Gasteiger partial charge >= 0.3 is 0 Å². The predicted molar refractivity (Wildman–Crippen MR) is 82.9 cm³/mol. The minimum absolute atomic E-state index is 0.133. The maximum absolute atomic E-state index is 12.9. The van der Waals surface area contributed by atoms with Crippen LogP contribution in [0.4, 0.5) is 0 Å². The molecule has 0 spiro atoms. The third-order valence-corrected chi connectivity index (χ3v) is 3.94. The number of rotatable bonds is 5. The van der Waals surface area contributed by atoms with Crippen LogP contribution in [-0.2, 0) is 11.8 Å². The molecule has 0 bridgehead atoms. The fraction of sp³-hybridized carbons (Fsp3) is 0.438. The van der Waals surface area contributed by atoms with E-state index >= 15 is 0 Å². The van der Waals surface area contributed by atoms with Crippen molar-refractivity contribution in [3.8, 4) is 0 Å². The summed E-state index contributed by atoms with van der Waals surface area (Å²) in [5.74, 6) is -0.133. The molecule has 1 fully saturated rings. The van der Waals surface area contributed by atoms with E-state index < -0.39 is 0 Å². The number of hydrogen-bond acceptors (Lipinski definition) is 4. The van der Waals surface area contributed by atoms with Gasteiger partial charge in [0.25, 0.3) is 11.5 Å². The molecule has 0 saturated heterocycles. The van der Waals surface area contributed by atoms with Gasteiger partial charge in [-0.2, -0.15) is 5.10 Å². The quantitative estimate of drug-likeness (QED) is 0.832. The molecule has 116 valence electrons. The number of benzene rings is 1. The summed E-state index contributed by atoms with van der Waals surface area (Å²) in [7, 11) is 3.19. The van der Waals surface area contributed by atoms with E-state index in [-0.39, 0.29) is 17.5 Å². The van der Waals surface area contributed by atoms with Crippen LogP contribution in [0.2, 0.25) is 0 Å². The molecule has 1 aromatic heterocycles. The zero-order chi connectivity index (χ0) is 15.7. The van der Waals surface area contributed by atoms with Crippen molar-refractivity contribution in [3.05, 3.63) is 40.3 Å². The summed E-state index contributed by atoms with van der Waals surface area (Å²) < 4.78 is 6.33. The number of aromatic nitrogens is 2. The van der Waals surface area contributed by atoms with E-state index in [4.69, 9.17) is 4.74 Å². The number of nitrogens with zero attached hydrogens (tertiary/aromatic N) is 3. The van der Waals surface area contributed by atoms with Gasteiger partial charge in [-0.3, -0.25) is 9.59 Å². The van der Waals surface area contributed by atoms with Crippen LogP contribution in [0.3, 0.4) is 0 Å². The molecule has 0 unspecified atom stereocenters. The summed E-state index contributed by atoms with van der Waals surface area (Å²) in [6.45, 7) is 1.03. The summed E-state index contributed by atoms with van der Waals surface area (Å²) in [4.78, 5) is 26.9. The summed E-state index contributed by atoms with van der Waals surface area (Å²) in [6.07, 6.45) is 2.03. The van der Waals surface area contributed by atoms with E-state index in [2.05, 4.69) is 5.10 Å².